The number of carbonyl (C=O) groups is 1. The van der Waals surface area contributed by atoms with Gasteiger partial charge in [0, 0.05) is 26.2 Å². The summed E-state index contributed by atoms with van der Waals surface area (Å²) in [6.45, 7) is 8.09. The van der Waals surface area contributed by atoms with E-state index < -0.39 is 10.0 Å². The van der Waals surface area contributed by atoms with Crippen LogP contribution in [0.3, 0.4) is 0 Å². The van der Waals surface area contributed by atoms with Crippen LogP contribution >= 0.6 is 0 Å². The van der Waals surface area contributed by atoms with Crippen LogP contribution in [-0.2, 0) is 20.6 Å². The molecule has 0 radical (unpaired) electrons. The molecule has 1 amide bonds. The van der Waals surface area contributed by atoms with Gasteiger partial charge in [-0.1, -0.05) is 44.2 Å². The number of likely N-dealkylation sites (tertiary alicyclic amines) is 1. The molecular formula is C27H41N4O4S+. The van der Waals surface area contributed by atoms with Gasteiger partial charge < -0.3 is 4.90 Å². The van der Waals surface area contributed by atoms with Gasteiger partial charge in [0.1, 0.15) is 16.8 Å². The van der Waals surface area contributed by atoms with Crippen molar-refractivity contribution in [1.29, 1.82) is 0 Å². The molecule has 0 aliphatic carbocycles. The van der Waals surface area contributed by atoms with E-state index in [9.17, 15) is 18.1 Å². The quantitative estimate of drug-likeness (QED) is 0.561. The second-order valence-corrected chi connectivity index (χ2v) is 13.8. The van der Waals surface area contributed by atoms with Crippen LogP contribution in [0.5, 0.6) is 0 Å². The van der Waals surface area contributed by atoms with Crippen molar-refractivity contribution in [3.63, 3.8) is 0 Å². The fourth-order valence-corrected chi connectivity index (χ4v) is 8.87. The Morgan fingerprint density at radius 2 is 1.58 bits per heavy atom. The molecule has 4 aliphatic heterocycles. The third-order valence-electron chi connectivity index (χ3n) is 9.01. The van der Waals surface area contributed by atoms with E-state index in [-0.39, 0.29) is 30.2 Å². The Hall–Kier alpha value is -2.00. The maximum atomic E-state index is 13.5. The van der Waals surface area contributed by atoms with Crippen molar-refractivity contribution in [2.24, 2.45) is 29.6 Å². The predicted molar refractivity (Wildman–Crippen MR) is 138 cm³/mol. The molecule has 8 nitrogen and oxygen atoms in total. The molecule has 5 unspecified atom stereocenters. The van der Waals surface area contributed by atoms with E-state index in [1.807, 2.05) is 40.2 Å². The lowest BCUT2D eigenvalue weighted by Gasteiger charge is -2.41. The Labute approximate surface area is 215 Å². The summed E-state index contributed by atoms with van der Waals surface area (Å²) in [4.78, 5) is 29.3. The Balaban J connectivity index is 1.19. The lowest BCUT2D eigenvalue weighted by molar-refractivity contribution is -0.692. The number of amides is 1. The number of hydrogen-bond acceptors (Lipinski definition) is 4. The number of piperidine rings is 3. The maximum absolute atomic E-state index is 13.5. The molecule has 9 heteroatoms. The van der Waals surface area contributed by atoms with Crippen LogP contribution in [0, 0.1) is 34.5 Å². The van der Waals surface area contributed by atoms with E-state index in [2.05, 4.69) is 13.8 Å². The summed E-state index contributed by atoms with van der Waals surface area (Å²) in [6.07, 6.45) is 4.66. The molecule has 0 spiro atoms. The summed E-state index contributed by atoms with van der Waals surface area (Å²) in [5, 5.41) is 1.90. The topological polar surface area (TPSA) is 81.0 Å². The second kappa shape index (κ2) is 10.4. The van der Waals surface area contributed by atoms with Crippen molar-refractivity contribution in [2.75, 3.05) is 39.3 Å². The van der Waals surface area contributed by atoms with Crippen molar-refractivity contribution in [3.05, 3.63) is 40.8 Å². The lowest BCUT2D eigenvalue weighted by Crippen LogP contribution is -2.51. The van der Waals surface area contributed by atoms with Crippen LogP contribution < -0.4 is 0 Å². The maximum Gasteiger partial charge on any atom is 0.239 e. The zero-order chi connectivity index (χ0) is 25.4. The molecule has 0 bridgehead atoms. The van der Waals surface area contributed by atoms with Gasteiger partial charge in [0.05, 0.1) is 17.2 Å². The van der Waals surface area contributed by atoms with Gasteiger partial charge in [-0.15, -0.1) is 5.01 Å². The predicted octanol–water partition coefficient (Wildman–Crippen LogP) is 3.14. The first-order valence-corrected chi connectivity index (χ1v) is 15.3. The molecule has 4 aliphatic rings. The molecule has 5 rings (SSSR count). The SMILES string of the molecule is CC1CC(C)CN(C(=O)C2C[N+](=O)N3CCC(C4CCN(S(=O)(=O)Cc5ccccc5)CC4)CC23)C1. The summed E-state index contributed by atoms with van der Waals surface area (Å²) in [6, 6.07) is 9.35. The summed E-state index contributed by atoms with van der Waals surface area (Å²) in [5.74, 6) is 1.84. The molecule has 0 saturated carbocycles. The summed E-state index contributed by atoms with van der Waals surface area (Å²) >= 11 is 0. The van der Waals surface area contributed by atoms with Crippen molar-refractivity contribution < 1.29 is 18.1 Å². The minimum Gasteiger partial charge on any atom is -0.342 e. The summed E-state index contributed by atoms with van der Waals surface area (Å²) < 4.78 is 27.6. The summed E-state index contributed by atoms with van der Waals surface area (Å²) in [7, 11) is -3.33. The number of nitrogens with zero attached hydrogens (tertiary/aromatic N) is 4. The highest BCUT2D eigenvalue weighted by Gasteiger charge is 2.54. The Bertz CT molecular complexity index is 1050. The second-order valence-electron chi connectivity index (χ2n) is 11.8. The first-order chi connectivity index (χ1) is 17.2. The summed E-state index contributed by atoms with van der Waals surface area (Å²) in [5.41, 5.74) is 0.823. The number of nitroso groups, excluding NO2 is 1. The average molecular weight is 518 g/mol. The lowest BCUT2D eigenvalue weighted by atomic mass is 9.75. The molecule has 1 aromatic carbocycles. The molecule has 5 atom stereocenters. The largest absolute Gasteiger partial charge is 0.342 e. The van der Waals surface area contributed by atoms with Gasteiger partial charge in [0.2, 0.25) is 22.5 Å². The van der Waals surface area contributed by atoms with Crippen LogP contribution in [0.2, 0.25) is 0 Å². The van der Waals surface area contributed by atoms with Gasteiger partial charge >= 0.3 is 0 Å². The molecule has 198 valence electrons. The van der Waals surface area contributed by atoms with Crippen molar-refractivity contribution in [3.8, 4) is 0 Å². The zero-order valence-electron chi connectivity index (χ0n) is 21.7. The monoisotopic (exact) mass is 517 g/mol. The van der Waals surface area contributed by atoms with Gasteiger partial charge in [-0.2, -0.15) is 0 Å². The van der Waals surface area contributed by atoms with E-state index in [1.54, 1.807) is 4.31 Å². The van der Waals surface area contributed by atoms with Crippen LogP contribution in [0.1, 0.15) is 51.5 Å². The standard InChI is InChI=1S/C27H41N4O4S/c1-20-14-21(2)17-28(16-20)27(32)25-18-31(33)30-13-10-24(15-26(25)30)23-8-11-29(12-9-23)36(34,35)19-22-6-4-3-5-7-22/h3-7,20-21,23-26H,8-19H2,1-2H3/q+1. The van der Waals surface area contributed by atoms with Crippen LogP contribution in [0.15, 0.2) is 30.3 Å². The third-order valence-corrected chi connectivity index (χ3v) is 10.9. The van der Waals surface area contributed by atoms with Crippen LogP contribution in [0.25, 0.3) is 0 Å². The number of sulfonamides is 1. The first-order valence-electron chi connectivity index (χ1n) is 13.7. The molecule has 4 fully saturated rings. The highest BCUT2D eigenvalue weighted by Crippen LogP contribution is 2.40. The fraction of sp³-hybridized carbons (Fsp3) is 0.741. The van der Waals surface area contributed by atoms with Crippen molar-refractivity contribution in [2.45, 2.75) is 57.7 Å². The average Bonchev–Trinajstić information content (AvgIpc) is 3.19. The minimum atomic E-state index is -3.33. The van der Waals surface area contributed by atoms with E-state index in [1.165, 1.54) is 0 Å². The molecule has 1 aromatic rings. The van der Waals surface area contributed by atoms with E-state index >= 15 is 0 Å². The Morgan fingerprint density at radius 1 is 0.944 bits per heavy atom. The molecule has 36 heavy (non-hydrogen) atoms. The zero-order valence-corrected chi connectivity index (χ0v) is 22.5. The normalized spacial score (nSPS) is 32.5. The highest BCUT2D eigenvalue weighted by atomic mass is 32.2. The van der Waals surface area contributed by atoms with Crippen molar-refractivity contribution in [1.82, 2.24) is 14.2 Å². The molecule has 4 heterocycles. The molecule has 4 saturated heterocycles. The van der Waals surface area contributed by atoms with Gasteiger partial charge in [0.15, 0.2) is 0 Å². The number of benzene rings is 1. The van der Waals surface area contributed by atoms with Gasteiger partial charge in [-0.05, 0) is 61.3 Å². The van der Waals surface area contributed by atoms with Gasteiger partial charge in [-0.25, -0.2) is 12.7 Å². The Morgan fingerprint density at radius 3 is 2.25 bits per heavy atom. The van der Waals surface area contributed by atoms with E-state index in [4.69, 9.17) is 0 Å². The molecular weight excluding hydrogens is 476 g/mol. The molecule has 0 aromatic heterocycles. The number of fused-ring (bicyclic) bond motifs is 1. The minimum absolute atomic E-state index is 0.0267. The number of hydrazine groups is 1. The van der Waals surface area contributed by atoms with Gasteiger partial charge in [-0.3, -0.25) is 4.79 Å². The number of hydrogen-bond donors (Lipinski definition) is 0. The number of carbonyl (C=O) groups excluding carboxylic acids is 1. The first kappa shape index (κ1) is 25.6. The Kier molecular flexibility index (Phi) is 7.41. The third kappa shape index (κ3) is 5.32. The van der Waals surface area contributed by atoms with E-state index in [0.717, 1.165) is 55.6 Å². The van der Waals surface area contributed by atoms with Crippen LogP contribution in [0.4, 0.5) is 0 Å². The molecule has 0 N–H and O–H groups in total. The fourth-order valence-electron chi connectivity index (χ4n) is 7.31. The smallest absolute Gasteiger partial charge is 0.239 e. The highest BCUT2D eigenvalue weighted by molar-refractivity contribution is 7.88. The van der Waals surface area contributed by atoms with E-state index in [0.29, 0.717) is 43.3 Å². The van der Waals surface area contributed by atoms with Crippen LogP contribution in [-0.4, -0.2) is 78.7 Å². The van der Waals surface area contributed by atoms with Gasteiger partial charge in [0.25, 0.3) is 0 Å². The number of rotatable bonds is 5. The van der Waals surface area contributed by atoms with Crippen molar-refractivity contribution >= 4 is 15.9 Å².